The quantitative estimate of drug-likeness (QED) is 0.207. The van der Waals surface area contributed by atoms with Crippen molar-refractivity contribution in [3.63, 3.8) is 0 Å². The molecule has 1 amide bonds. The molecule has 4 aromatic rings. The Hall–Kier alpha value is -4.61. The zero-order valence-electron chi connectivity index (χ0n) is 24.9. The fourth-order valence-electron chi connectivity index (χ4n) is 5.58. The average molecular weight is 598 g/mol. The van der Waals surface area contributed by atoms with Crippen LogP contribution < -0.4 is 20.7 Å². The molecule has 1 aromatic heterocycles. The molecule has 44 heavy (non-hydrogen) atoms. The lowest BCUT2D eigenvalue weighted by atomic mass is 9.93. The van der Waals surface area contributed by atoms with Crippen LogP contribution in [-0.4, -0.2) is 64.7 Å². The maximum absolute atomic E-state index is 15.2. The molecule has 11 heteroatoms. The molecule has 0 atom stereocenters. The normalized spacial score (nSPS) is 14.6. The summed E-state index contributed by atoms with van der Waals surface area (Å²) in [5.41, 5.74) is 10.00. The highest BCUT2D eigenvalue weighted by Gasteiger charge is 2.33. The van der Waals surface area contributed by atoms with Gasteiger partial charge in [-0.05, 0) is 93.2 Å². The number of rotatable bonds is 11. The number of halogens is 1. The fraction of sp³-hybridized carbons (Fsp3) is 0.333. The number of aliphatic hydroxyl groups excluding tert-OH is 1. The van der Waals surface area contributed by atoms with Crippen LogP contribution >= 0.6 is 0 Å². The number of hydrogen-bond acceptors (Lipinski definition) is 9. The third-order valence-corrected chi connectivity index (χ3v) is 7.93. The van der Waals surface area contributed by atoms with Gasteiger partial charge >= 0.3 is 0 Å². The minimum Gasteiger partial charge on any atom is -0.494 e. The average Bonchev–Trinajstić information content (AvgIpc) is 3.85. The predicted octanol–water partition coefficient (Wildman–Crippen LogP) is 4.91. The van der Waals surface area contributed by atoms with Crippen molar-refractivity contribution in [3.05, 3.63) is 82.7 Å². The lowest BCUT2D eigenvalue weighted by Crippen LogP contribution is -2.39. The Balaban J connectivity index is 1.23. The Bertz CT molecular complexity index is 1680. The number of nitrogens with zero attached hydrogens (tertiary/aromatic N) is 5. The number of aromatic nitrogens is 3. The van der Waals surface area contributed by atoms with Gasteiger partial charge in [-0.2, -0.15) is 15.0 Å². The van der Waals surface area contributed by atoms with Crippen LogP contribution in [0.2, 0.25) is 0 Å². The molecule has 10 nitrogen and oxygen atoms in total. The molecule has 0 unspecified atom stereocenters. The number of amides is 1. The van der Waals surface area contributed by atoms with E-state index in [-0.39, 0.29) is 23.3 Å². The molecule has 4 N–H and O–H groups in total. The van der Waals surface area contributed by atoms with Gasteiger partial charge in [0.2, 0.25) is 11.9 Å². The Morgan fingerprint density at radius 2 is 1.91 bits per heavy atom. The Morgan fingerprint density at radius 1 is 1.11 bits per heavy atom. The summed E-state index contributed by atoms with van der Waals surface area (Å²) in [6.07, 6.45) is 3.56. The number of benzene rings is 3. The number of carbonyl (C=O) groups excluding carboxylic acids is 1. The standard InChI is InChI=1S/C33H36FN7O3/c1-40(2)14-4-16-44-24-11-9-23(10-12-24)36-33-38-30(37-32(35)39-33)25-5-3-6-28(26(25)19-42)41-15-13-21-17-22(20-7-8-20)18-27(34)29(21)31(41)43/h3,5-6,9-12,17-18,20,42H,4,7-8,13-16,19H2,1-2H3,(H3,35,36,37,38,39). The molecule has 0 spiro atoms. The van der Waals surface area contributed by atoms with Crippen LogP contribution in [0, 0.1) is 5.82 Å². The maximum Gasteiger partial charge on any atom is 0.261 e. The summed E-state index contributed by atoms with van der Waals surface area (Å²) < 4.78 is 21.0. The van der Waals surface area contributed by atoms with Gasteiger partial charge in [0.15, 0.2) is 5.82 Å². The number of aliphatic hydroxyl groups is 1. The number of nitrogens with two attached hydrogens (primary N) is 1. The fourth-order valence-corrected chi connectivity index (χ4v) is 5.58. The lowest BCUT2D eigenvalue weighted by molar-refractivity contribution is 0.0976. The van der Waals surface area contributed by atoms with Gasteiger partial charge in [0.1, 0.15) is 11.6 Å². The van der Waals surface area contributed by atoms with E-state index in [1.54, 1.807) is 18.2 Å². The Labute approximate surface area is 255 Å². The van der Waals surface area contributed by atoms with E-state index in [9.17, 15) is 9.90 Å². The van der Waals surface area contributed by atoms with E-state index in [2.05, 4.69) is 25.2 Å². The van der Waals surface area contributed by atoms with Crippen LogP contribution in [0.4, 0.5) is 27.7 Å². The van der Waals surface area contributed by atoms with Gasteiger partial charge in [0.25, 0.3) is 5.91 Å². The number of nitrogen functional groups attached to an aromatic ring is 1. The first kappa shape index (κ1) is 29.5. The van der Waals surface area contributed by atoms with Crippen molar-refractivity contribution in [1.82, 2.24) is 19.9 Å². The third-order valence-electron chi connectivity index (χ3n) is 7.93. The molecule has 0 saturated heterocycles. The highest BCUT2D eigenvalue weighted by Crippen LogP contribution is 2.42. The summed E-state index contributed by atoms with van der Waals surface area (Å²) in [6.45, 7) is 1.54. The van der Waals surface area contributed by atoms with Gasteiger partial charge in [-0.25, -0.2) is 4.39 Å². The van der Waals surface area contributed by atoms with Crippen molar-refractivity contribution in [3.8, 4) is 17.1 Å². The van der Waals surface area contributed by atoms with Gasteiger partial charge in [0.05, 0.1) is 24.5 Å². The van der Waals surface area contributed by atoms with Crippen LogP contribution in [-0.2, 0) is 13.0 Å². The Kier molecular flexibility index (Phi) is 8.40. The van der Waals surface area contributed by atoms with E-state index in [0.717, 1.165) is 48.4 Å². The second-order valence-corrected chi connectivity index (χ2v) is 11.5. The molecule has 1 aliphatic heterocycles. The summed E-state index contributed by atoms with van der Waals surface area (Å²) in [5.74, 6) is 0.669. The molecule has 228 valence electrons. The van der Waals surface area contributed by atoms with Gasteiger partial charge < -0.3 is 30.7 Å². The van der Waals surface area contributed by atoms with Crippen LogP contribution in [0.25, 0.3) is 11.4 Å². The number of hydrogen-bond donors (Lipinski definition) is 3. The molecule has 1 aliphatic carbocycles. The first-order chi connectivity index (χ1) is 21.3. The summed E-state index contributed by atoms with van der Waals surface area (Å²) in [5, 5.41) is 13.6. The van der Waals surface area contributed by atoms with Crippen LogP contribution in [0.1, 0.15) is 52.2 Å². The van der Waals surface area contributed by atoms with Crippen LogP contribution in [0.3, 0.4) is 0 Å². The van der Waals surface area contributed by atoms with E-state index in [4.69, 9.17) is 10.5 Å². The molecule has 2 heterocycles. The third kappa shape index (κ3) is 6.34. The zero-order chi connectivity index (χ0) is 30.8. The van der Waals surface area contributed by atoms with Gasteiger partial charge in [-0.1, -0.05) is 18.2 Å². The van der Waals surface area contributed by atoms with E-state index in [0.29, 0.717) is 42.3 Å². The van der Waals surface area contributed by atoms with E-state index in [1.807, 2.05) is 44.4 Å². The van der Waals surface area contributed by atoms with Crippen molar-refractivity contribution in [2.75, 3.05) is 49.7 Å². The number of fused-ring (bicyclic) bond motifs is 1. The van der Waals surface area contributed by atoms with Crippen molar-refractivity contribution >= 4 is 29.2 Å². The van der Waals surface area contributed by atoms with Gasteiger partial charge in [-0.15, -0.1) is 0 Å². The molecule has 2 aliphatic rings. The highest BCUT2D eigenvalue weighted by atomic mass is 19.1. The number of nitrogens with one attached hydrogen (secondary N) is 1. The van der Waals surface area contributed by atoms with E-state index in [1.165, 1.54) is 11.0 Å². The predicted molar refractivity (Wildman–Crippen MR) is 168 cm³/mol. The number of carbonyl (C=O) groups is 1. The number of anilines is 4. The summed E-state index contributed by atoms with van der Waals surface area (Å²) in [6, 6.07) is 16.1. The van der Waals surface area contributed by atoms with Crippen molar-refractivity contribution in [2.45, 2.75) is 38.2 Å². The lowest BCUT2D eigenvalue weighted by Gasteiger charge is -2.31. The van der Waals surface area contributed by atoms with E-state index >= 15 is 4.39 Å². The molecule has 0 radical (unpaired) electrons. The molecule has 1 fully saturated rings. The van der Waals surface area contributed by atoms with Crippen LogP contribution in [0.5, 0.6) is 5.75 Å². The minimum absolute atomic E-state index is 0.0100. The largest absolute Gasteiger partial charge is 0.494 e. The minimum atomic E-state index is -0.495. The van der Waals surface area contributed by atoms with Crippen molar-refractivity contribution in [2.24, 2.45) is 0 Å². The molecule has 6 rings (SSSR count). The SMILES string of the molecule is CN(C)CCCOc1ccc(Nc2nc(N)nc(-c3cccc(N4CCc5cc(C6CC6)cc(F)c5C4=O)c3CO)n2)cc1. The monoisotopic (exact) mass is 597 g/mol. The van der Waals surface area contributed by atoms with Crippen LogP contribution in [0.15, 0.2) is 54.6 Å². The molecule has 1 saturated carbocycles. The molecular formula is C33H36FN7O3. The highest BCUT2D eigenvalue weighted by molar-refractivity contribution is 6.09. The van der Waals surface area contributed by atoms with E-state index < -0.39 is 18.3 Å². The summed E-state index contributed by atoms with van der Waals surface area (Å²) >= 11 is 0. The first-order valence-electron chi connectivity index (χ1n) is 14.8. The summed E-state index contributed by atoms with van der Waals surface area (Å²) in [7, 11) is 4.06. The maximum atomic E-state index is 15.2. The molecular weight excluding hydrogens is 561 g/mol. The second kappa shape index (κ2) is 12.6. The summed E-state index contributed by atoms with van der Waals surface area (Å²) in [4.78, 5) is 30.4. The molecule has 0 bridgehead atoms. The number of ether oxygens (including phenoxy) is 1. The topological polar surface area (TPSA) is 130 Å². The smallest absolute Gasteiger partial charge is 0.261 e. The van der Waals surface area contributed by atoms with Gasteiger partial charge in [-0.3, -0.25) is 4.79 Å². The Morgan fingerprint density at radius 3 is 2.64 bits per heavy atom. The molecule has 3 aromatic carbocycles. The van der Waals surface area contributed by atoms with Gasteiger partial charge in [0, 0.05) is 29.9 Å². The zero-order valence-corrected chi connectivity index (χ0v) is 24.9. The van der Waals surface area contributed by atoms with Crippen molar-refractivity contribution in [1.29, 1.82) is 0 Å². The second-order valence-electron chi connectivity index (χ2n) is 11.5. The van der Waals surface area contributed by atoms with Crippen molar-refractivity contribution < 1.29 is 19.0 Å². The first-order valence-corrected chi connectivity index (χ1v) is 14.8.